The molecule has 3 heteroatoms. The molecule has 2 nitrogen and oxygen atoms in total. The molecule has 3 heterocycles. The average Bonchev–Trinajstić information content (AvgIpc) is 3.60. The summed E-state index contributed by atoms with van der Waals surface area (Å²) in [6.45, 7) is 4.97. The van der Waals surface area contributed by atoms with Crippen molar-refractivity contribution >= 4 is 42.9 Å². The highest BCUT2D eigenvalue weighted by Crippen LogP contribution is 2.60. The van der Waals surface area contributed by atoms with Crippen LogP contribution in [0, 0.1) is 5.92 Å². The van der Waals surface area contributed by atoms with Crippen molar-refractivity contribution in [3.05, 3.63) is 132 Å². The highest BCUT2D eigenvalue weighted by molar-refractivity contribution is 7.26. The van der Waals surface area contributed by atoms with Crippen molar-refractivity contribution in [2.45, 2.75) is 56.5 Å². The van der Waals surface area contributed by atoms with Crippen LogP contribution in [0.4, 0.5) is 11.4 Å². The van der Waals surface area contributed by atoms with Gasteiger partial charge in [0.25, 0.3) is 0 Å². The molecule has 0 fully saturated rings. The minimum absolute atomic E-state index is 0.0464. The Labute approximate surface area is 246 Å². The molecule has 9 rings (SSSR count). The van der Waals surface area contributed by atoms with E-state index in [0.717, 1.165) is 19.3 Å². The van der Waals surface area contributed by atoms with Gasteiger partial charge in [0.05, 0.1) is 11.1 Å². The van der Waals surface area contributed by atoms with E-state index in [-0.39, 0.29) is 11.1 Å². The number of nitrogens with zero attached hydrogens (tertiary/aromatic N) is 2. The zero-order valence-electron chi connectivity index (χ0n) is 23.7. The Kier molecular flexibility index (Phi) is 4.86. The summed E-state index contributed by atoms with van der Waals surface area (Å²) in [7, 11) is 0. The molecule has 3 aliphatic carbocycles. The number of hydrogen-bond acceptors (Lipinski definition) is 3. The van der Waals surface area contributed by atoms with Gasteiger partial charge < -0.3 is 9.80 Å². The van der Waals surface area contributed by atoms with Crippen molar-refractivity contribution in [3.8, 4) is 0 Å². The van der Waals surface area contributed by atoms with Crippen LogP contribution in [0.3, 0.4) is 0 Å². The zero-order valence-corrected chi connectivity index (χ0v) is 24.5. The van der Waals surface area contributed by atoms with E-state index in [1.54, 1.807) is 5.57 Å². The molecule has 0 bridgehead atoms. The van der Waals surface area contributed by atoms with Crippen LogP contribution in [0.5, 0.6) is 0 Å². The lowest BCUT2D eigenvalue weighted by Gasteiger charge is -2.48. The Morgan fingerprint density at radius 1 is 0.878 bits per heavy atom. The summed E-state index contributed by atoms with van der Waals surface area (Å²) in [6.07, 6.45) is 21.3. The SMILES string of the molecule is CC12C=CC=CC1c1c(ccc3c1sc1ccccc13)N2C1=CCC2(C)C(C1)C1=C(C=CCC1)N2c1ccccc1. The van der Waals surface area contributed by atoms with Crippen LogP contribution in [0.2, 0.25) is 0 Å². The minimum atomic E-state index is -0.109. The van der Waals surface area contributed by atoms with Gasteiger partial charge in [0.2, 0.25) is 0 Å². The molecule has 1 aromatic heterocycles. The van der Waals surface area contributed by atoms with E-state index in [4.69, 9.17) is 0 Å². The molecule has 0 saturated heterocycles. The van der Waals surface area contributed by atoms with E-state index >= 15 is 0 Å². The fourth-order valence-corrected chi connectivity index (χ4v) is 10.1. The quantitative estimate of drug-likeness (QED) is 0.245. The molecular formula is C38H34N2S. The third kappa shape index (κ3) is 3.08. The number of para-hydroxylation sites is 1. The number of anilines is 2. The highest BCUT2D eigenvalue weighted by atomic mass is 32.1. The van der Waals surface area contributed by atoms with Crippen molar-refractivity contribution in [2.75, 3.05) is 9.80 Å². The maximum atomic E-state index is 2.74. The first-order valence-electron chi connectivity index (χ1n) is 15.1. The Morgan fingerprint density at radius 2 is 1.73 bits per heavy atom. The first kappa shape index (κ1) is 23.8. The van der Waals surface area contributed by atoms with Crippen molar-refractivity contribution in [1.29, 1.82) is 0 Å². The standard InChI is InChI=1S/C38H34N2S/c1-37-22-11-10-16-30(37)35-33(20-19-28-27-14-7-9-18-34(27)41-36(28)35)40(37)26-21-23-38(2)31(24-26)29-15-6-8-17-32(29)39(38)25-12-4-3-5-13-25/h3-5,7-14,16-22,30-31H,6,15,23-24H2,1-2H3. The fourth-order valence-electron chi connectivity index (χ4n) is 8.78. The lowest BCUT2D eigenvalue weighted by Crippen LogP contribution is -2.51. The van der Waals surface area contributed by atoms with E-state index in [0.29, 0.717) is 11.8 Å². The van der Waals surface area contributed by atoms with Crippen molar-refractivity contribution in [1.82, 2.24) is 0 Å². The summed E-state index contributed by atoms with van der Waals surface area (Å²) in [5.41, 5.74) is 8.77. The Hall–Kier alpha value is -3.82. The van der Waals surface area contributed by atoms with E-state index < -0.39 is 0 Å². The zero-order chi connectivity index (χ0) is 27.3. The summed E-state index contributed by atoms with van der Waals surface area (Å²) >= 11 is 1.97. The second kappa shape index (κ2) is 8.36. The second-order valence-corrected chi connectivity index (χ2v) is 13.8. The Balaban J connectivity index is 1.21. The lowest BCUT2D eigenvalue weighted by atomic mass is 9.72. The van der Waals surface area contributed by atoms with Gasteiger partial charge in [-0.15, -0.1) is 11.3 Å². The Bertz CT molecular complexity index is 1900. The summed E-state index contributed by atoms with van der Waals surface area (Å²) in [5.74, 6) is 0.843. The van der Waals surface area contributed by atoms with E-state index in [2.05, 4.69) is 133 Å². The minimum Gasteiger partial charge on any atom is -0.335 e. The van der Waals surface area contributed by atoms with Crippen LogP contribution in [0.15, 0.2) is 126 Å². The van der Waals surface area contributed by atoms with Crippen LogP contribution in [-0.2, 0) is 0 Å². The molecule has 2 aliphatic heterocycles. The predicted octanol–water partition coefficient (Wildman–Crippen LogP) is 10.0. The molecule has 0 N–H and O–H groups in total. The third-order valence-electron chi connectivity index (χ3n) is 10.6. The summed E-state index contributed by atoms with van der Waals surface area (Å²) in [5, 5.41) is 2.79. The number of benzene rings is 3. The molecule has 4 aromatic rings. The molecule has 0 radical (unpaired) electrons. The van der Waals surface area contributed by atoms with Gasteiger partial charge in [-0.25, -0.2) is 0 Å². The van der Waals surface area contributed by atoms with E-state index in [9.17, 15) is 0 Å². The highest BCUT2D eigenvalue weighted by Gasteiger charge is 2.54. The maximum Gasteiger partial charge on any atom is 0.0709 e. The van der Waals surface area contributed by atoms with Gasteiger partial charge in [0.1, 0.15) is 0 Å². The number of allylic oxidation sites excluding steroid dienone is 5. The largest absolute Gasteiger partial charge is 0.335 e. The molecule has 0 saturated carbocycles. The van der Waals surface area contributed by atoms with Crippen LogP contribution in [-0.4, -0.2) is 11.1 Å². The first-order chi connectivity index (χ1) is 20.1. The van der Waals surface area contributed by atoms with Gasteiger partial charge in [0.15, 0.2) is 0 Å². The van der Waals surface area contributed by atoms with Gasteiger partial charge in [-0.1, -0.05) is 78.9 Å². The molecule has 0 spiro atoms. The summed E-state index contributed by atoms with van der Waals surface area (Å²) in [6, 6.07) is 24.8. The second-order valence-electron chi connectivity index (χ2n) is 12.8. The normalized spacial score (nSPS) is 29.7. The molecule has 4 atom stereocenters. The van der Waals surface area contributed by atoms with Gasteiger partial charge in [-0.05, 0) is 75.4 Å². The summed E-state index contributed by atoms with van der Waals surface area (Å²) in [4.78, 5) is 5.41. The smallest absolute Gasteiger partial charge is 0.0709 e. The molecule has 0 amide bonds. The Morgan fingerprint density at radius 3 is 2.63 bits per heavy atom. The third-order valence-corrected chi connectivity index (χ3v) is 11.9. The monoisotopic (exact) mass is 550 g/mol. The van der Waals surface area contributed by atoms with E-state index in [1.807, 2.05) is 11.3 Å². The number of fused-ring (bicyclic) bond motifs is 9. The topological polar surface area (TPSA) is 6.48 Å². The van der Waals surface area contributed by atoms with Crippen LogP contribution in [0.1, 0.15) is 51.0 Å². The first-order valence-corrected chi connectivity index (χ1v) is 15.9. The number of thiophene rings is 1. The molecule has 3 aromatic carbocycles. The van der Waals surface area contributed by atoms with Crippen LogP contribution in [0.25, 0.3) is 20.2 Å². The van der Waals surface area contributed by atoms with Gasteiger partial charge in [-0.3, -0.25) is 0 Å². The molecule has 202 valence electrons. The predicted molar refractivity (Wildman–Crippen MR) is 175 cm³/mol. The average molecular weight is 551 g/mol. The van der Waals surface area contributed by atoms with Crippen molar-refractivity contribution in [3.63, 3.8) is 0 Å². The number of rotatable bonds is 2. The molecule has 5 aliphatic rings. The molecular weight excluding hydrogens is 516 g/mol. The van der Waals surface area contributed by atoms with Crippen molar-refractivity contribution < 1.29 is 0 Å². The maximum absolute atomic E-state index is 2.74. The van der Waals surface area contributed by atoms with Crippen LogP contribution >= 0.6 is 11.3 Å². The molecule has 41 heavy (non-hydrogen) atoms. The fraction of sp³-hybridized carbons (Fsp3) is 0.263. The molecule has 4 unspecified atom stereocenters. The summed E-state index contributed by atoms with van der Waals surface area (Å²) < 4.78 is 2.85. The van der Waals surface area contributed by atoms with Gasteiger partial charge in [-0.2, -0.15) is 0 Å². The van der Waals surface area contributed by atoms with Crippen LogP contribution < -0.4 is 9.80 Å². The van der Waals surface area contributed by atoms with Crippen molar-refractivity contribution in [2.24, 2.45) is 5.92 Å². The number of hydrogen-bond donors (Lipinski definition) is 0. The van der Waals surface area contributed by atoms with Gasteiger partial charge in [0, 0.05) is 60.3 Å². The van der Waals surface area contributed by atoms with E-state index in [1.165, 1.54) is 54.9 Å². The lowest BCUT2D eigenvalue weighted by molar-refractivity contribution is 0.325. The van der Waals surface area contributed by atoms with Gasteiger partial charge >= 0.3 is 0 Å².